The van der Waals surface area contributed by atoms with Crippen LogP contribution < -0.4 is 5.73 Å². The molecule has 132 valence electrons. The van der Waals surface area contributed by atoms with Crippen molar-refractivity contribution in [3.8, 4) is 0 Å². The highest BCUT2D eigenvalue weighted by Crippen LogP contribution is 2.29. The van der Waals surface area contributed by atoms with Gasteiger partial charge in [0, 0.05) is 25.3 Å². The highest BCUT2D eigenvalue weighted by molar-refractivity contribution is 5.94. The van der Waals surface area contributed by atoms with Crippen molar-refractivity contribution in [2.45, 2.75) is 32.5 Å². The van der Waals surface area contributed by atoms with E-state index in [0.717, 1.165) is 12.3 Å². The van der Waals surface area contributed by atoms with Gasteiger partial charge in [0.15, 0.2) is 0 Å². The molecule has 2 N–H and O–H groups in total. The second-order valence-corrected chi connectivity index (χ2v) is 6.04. The van der Waals surface area contributed by atoms with Crippen LogP contribution in [0.5, 0.6) is 0 Å². The first-order chi connectivity index (χ1) is 9.61. The Bertz CT molecular complexity index is 535. The molecule has 1 aliphatic rings. The number of halogens is 5. The van der Waals surface area contributed by atoms with Crippen LogP contribution in [-0.2, 0) is 6.18 Å². The lowest BCUT2D eigenvalue weighted by Crippen LogP contribution is -2.54. The van der Waals surface area contributed by atoms with Crippen LogP contribution in [0.3, 0.4) is 0 Å². The minimum Gasteiger partial charge on any atom is -0.338 e. The van der Waals surface area contributed by atoms with E-state index in [9.17, 15) is 18.0 Å². The zero-order chi connectivity index (χ0) is 15.8. The lowest BCUT2D eigenvalue weighted by atomic mass is 9.79. The number of likely N-dealkylation sites (tertiary alicyclic amines) is 1. The van der Waals surface area contributed by atoms with Crippen LogP contribution in [-0.4, -0.2) is 34.9 Å². The summed E-state index contributed by atoms with van der Waals surface area (Å²) in [6.45, 7) is 4.93. The molecule has 1 aliphatic heterocycles. The molecule has 9 heteroatoms. The van der Waals surface area contributed by atoms with E-state index in [4.69, 9.17) is 5.73 Å². The lowest BCUT2D eigenvalue weighted by Gasteiger charge is -2.42. The zero-order valence-electron chi connectivity index (χ0n) is 12.8. The number of pyridine rings is 1. The van der Waals surface area contributed by atoms with Gasteiger partial charge in [0.05, 0.1) is 5.56 Å². The van der Waals surface area contributed by atoms with Crippen molar-refractivity contribution < 1.29 is 18.0 Å². The summed E-state index contributed by atoms with van der Waals surface area (Å²) < 4.78 is 37.3. The Morgan fingerprint density at radius 2 is 1.96 bits per heavy atom. The van der Waals surface area contributed by atoms with E-state index < -0.39 is 11.9 Å². The van der Waals surface area contributed by atoms with E-state index in [0.29, 0.717) is 19.5 Å². The van der Waals surface area contributed by atoms with Gasteiger partial charge in [-0.25, -0.2) is 0 Å². The molecular weight excluding hydrogens is 354 g/mol. The Morgan fingerprint density at radius 1 is 1.35 bits per heavy atom. The van der Waals surface area contributed by atoms with Gasteiger partial charge < -0.3 is 10.6 Å². The number of nitrogens with two attached hydrogens (primary N) is 1. The summed E-state index contributed by atoms with van der Waals surface area (Å²) in [5.74, 6) is -0.309. The fourth-order valence-corrected chi connectivity index (χ4v) is 2.42. The van der Waals surface area contributed by atoms with E-state index >= 15 is 0 Å². The Hall–Kier alpha value is -1.05. The van der Waals surface area contributed by atoms with E-state index in [-0.39, 0.29) is 47.7 Å². The van der Waals surface area contributed by atoms with Gasteiger partial charge in [0.2, 0.25) is 0 Å². The Kier molecular flexibility index (Phi) is 7.33. The van der Waals surface area contributed by atoms with Crippen LogP contribution in [0.2, 0.25) is 0 Å². The SMILES string of the molecule is CC1(C)CN(C(=O)c2ccc(C(F)(F)F)nc2)CCC1N.Cl.Cl. The first-order valence-corrected chi connectivity index (χ1v) is 6.69. The second kappa shape index (κ2) is 7.68. The predicted molar refractivity (Wildman–Crippen MR) is 86.0 cm³/mol. The number of hydrogen-bond donors (Lipinski definition) is 1. The van der Waals surface area contributed by atoms with Crippen LogP contribution in [0.1, 0.15) is 36.3 Å². The molecule has 0 saturated carbocycles. The molecule has 0 bridgehead atoms. The lowest BCUT2D eigenvalue weighted by molar-refractivity contribution is -0.141. The van der Waals surface area contributed by atoms with Crippen molar-refractivity contribution in [1.29, 1.82) is 0 Å². The van der Waals surface area contributed by atoms with Gasteiger partial charge >= 0.3 is 6.18 Å². The maximum Gasteiger partial charge on any atom is 0.433 e. The molecule has 1 amide bonds. The van der Waals surface area contributed by atoms with E-state index in [1.807, 2.05) is 13.8 Å². The first-order valence-electron chi connectivity index (χ1n) is 6.69. The molecule has 23 heavy (non-hydrogen) atoms. The normalized spacial score (nSPS) is 20.3. The van der Waals surface area contributed by atoms with Crippen LogP contribution in [0.15, 0.2) is 18.3 Å². The molecule has 2 rings (SSSR count). The molecule has 0 aromatic carbocycles. The molecule has 1 saturated heterocycles. The number of carbonyl (C=O) groups excluding carboxylic acids is 1. The number of nitrogens with zero attached hydrogens (tertiary/aromatic N) is 2. The summed E-state index contributed by atoms with van der Waals surface area (Å²) in [5, 5.41) is 0. The standard InChI is InChI=1S/C14H18F3N3O.2ClH/c1-13(2)8-20(6-5-10(13)18)12(21)9-3-4-11(19-7-9)14(15,16)17;;/h3-4,7,10H,5-6,8,18H2,1-2H3;2*1H. The molecule has 1 aromatic heterocycles. The quantitative estimate of drug-likeness (QED) is 0.822. The molecule has 0 spiro atoms. The predicted octanol–water partition coefficient (Wildman–Crippen LogP) is 3.14. The molecule has 2 heterocycles. The number of hydrogen-bond acceptors (Lipinski definition) is 3. The zero-order valence-corrected chi connectivity index (χ0v) is 14.4. The first kappa shape index (κ1) is 21.9. The summed E-state index contributed by atoms with van der Waals surface area (Å²) in [7, 11) is 0. The summed E-state index contributed by atoms with van der Waals surface area (Å²) in [5.41, 5.74) is 4.95. The van der Waals surface area contributed by atoms with Crippen molar-refractivity contribution >= 4 is 30.7 Å². The molecule has 1 atom stereocenters. The van der Waals surface area contributed by atoms with Crippen LogP contribution in [0, 0.1) is 5.41 Å². The van der Waals surface area contributed by atoms with Gasteiger partial charge in [0.1, 0.15) is 5.69 Å². The van der Waals surface area contributed by atoms with Gasteiger partial charge in [-0.1, -0.05) is 13.8 Å². The third kappa shape index (κ3) is 4.96. The minimum atomic E-state index is -4.50. The van der Waals surface area contributed by atoms with E-state index in [1.54, 1.807) is 4.90 Å². The number of rotatable bonds is 1. The number of alkyl halides is 3. The van der Waals surface area contributed by atoms with Gasteiger partial charge in [0.25, 0.3) is 5.91 Å². The number of amides is 1. The maximum absolute atomic E-state index is 12.4. The largest absolute Gasteiger partial charge is 0.433 e. The molecule has 1 unspecified atom stereocenters. The number of aromatic nitrogens is 1. The van der Waals surface area contributed by atoms with Crippen LogP contribution in [0.4, 0.5) is 13.2 Å². The molecule has 1 aromatic rings. The summed E-state index contributed by atoms with van der Waals surface area (Å²) in [4.78, 5) is 17.3. The van der Waals surface area contributed by atoms with Crippen molar-refractivity contribution in [3.05, 3.63) is 29.6 Å². The smallest absolute Gasteiger partial charge is 0.338 e. The summed E-state index contributed by atoms with van der Waals surface area (Å²) in [6.07, 6.45) is -2.85. The fraction of sp³-hybridized carbons (Fsp3) is 0.571. The van der Waals surface area contributed by atoms with Crippen molar-refractivity contribution in [1.82, 2.24) is 9.88 Å². The fourth-order valence-electron chi connectivity index (χ4n) is 2.42. The Balaban J connectivity index is 0.00000242. The topological polar surface area (TPSA) is 59.2 Å². The number of piperidine rings is 1. The van der Waals surface area contributed by atoms with Crippen molar-refractivity contribution in [2.75, 3.05) is 13.1 Å². The monoisotopic (exact) mass is 373 g/mol. The molecule has 1 fully saturated rings. The molecule has 0 aliphatic carbocycles. The third-order valence-electron chi connectivity index (χ3n) is 3.90. The van der Waals surface area contributed by atoms with E-state index in [2.05, 4.69) is 4.98 Å². The van der Waals surface area contributed by atoms with Crippen molar-refractivity contribution in [3.63, 3.8) is 0 Å². The minimum absolute atomic E-state index is 0. The summed E-state index contributed by atoms with van der Waals surface area (Å²) >= 11 is 0. The van der Waals surface area contributed by atoms with Gasteiger partial charge in [-0.3, -0.25) is 9.78 Å². The van der Waals surface area contributed by atoms with Crippen LogP contribution >= 0.6 is 24.8 Å². The van der Waals surface area contributed by atoms with Gasteiger partial charge in [-0.2, -0.15) is 13.2 Å². The van der Waals surface area contributed by atoms with Crippen LogP contribution in [0.25, 0.3) is 0 Å². The van der Waals surface area contributed by atoms with Crippen molar-refractivity contribution in [2.24, 2.45) is 11.1 Å². The second-order valence-electron chi connectivity index (χ2n) is 6.04. The number of carbonyl (C=O) groups is 1. The average Bonchev–Trinajstić information content (AvgIpc) is 2.40. The Labute approximate surface area is 145 Å². The average molecular weight is 374 g/mol. The summed E-state index contributed by atoms with van der Waals surface area (Å²) in [6, 6.07) is 2.00. The molecular formula is C14H20Cl2F3N3O. The highest BCUT2D eigenvalue weighted by atomic mass is 35.5. The van der Waals surface area contributed by atoms with Gasteiger partial charge in [-0.05, 0) is 24.0 Å². The highest BCUT2D eigenvalue weighted by Gasteiger charge is 2.36. The van der Waals surface area contributed by atoms with E-state index in [1.165, 1.54) is 6.07 Å². The molecule has 0 radical (unpaired) electrons. The molecule has 4 nitrogen and oxygen atoms in total. The Morgan fingerprint density at radius 3 is 2.39 bits per heavy atom. The third-order valence-corrected chi connectivity index (χ3v) is 3.90. The maximum atomic E-state index is 12.4. The van der Waals surface area contributed by atoms with Gasteiger partial charge in [-0.15, -0.1) is 24.8 Å².